The van der Waals surface area contributed by atoms with Crippen molar-refractivity contribution < 1.29 is 14.2 Å². The Morgan fingerprint density at radius 1 is 1.47 bits per heavy atom. The van der Waals surface area contributed by atoms with E-state index in [-0.39, 0.29) is 17.7 Å². The Balaban J connectivity index is 1.77. The second-order valence-corrected chi connectivity index (χ2v) is 4.59. The van der Waals surface area contributed by atoms with Crippen LogP contribution in [0.25, 0.3) is 0 Å². The summed E-state index contributed by atoms with van der Waals surface area (Å²) < 4.78 is 18.2. The van der Waals surface area contributed by atoms with Gasteiger partial charge in [-0.2, -0.15) is 0 Å². The number of hydrogen-bond acceptors (Lipinski definition) is 3. The van der Waals surface area contributed by atoms with Crippen molar-refractivity contribution in [3.05, 3.63) is 29.6 Å². The van der Waals surface area contributed by atoms with Crippen LogP contribution in [0, 0.1) is 11.7 Å². The van der Waals surface area contributed by atoms with Crippen molar-refractivity contribution in [2.45, 2.75) is 25.5 Å². The third-order valence-corrected chi connectivity index (χ3v) is 3.19. The van der Waals surface area contributed by atoms with Gasteiger partial charge in [-0.1, -0.05) is 6.07 Å². The molecule has 1 aliphatic rings. The van der Waals surface area contributed by atoms with Crippen molar-refractivity contribution in [1.29, 1.82) is 0 Å². The van der Waals surface area contributed by atoms with Crippen LogP contribution in [0.15, 0.2) is 18.2 Å². The molecule has 1 aliphatic carbocycles. The number of hydrogen-bond donors (Lipinski definition) is 2. The number of aliphatic hydroxyl groups is 1. The molecule has 1 aromatic carbocycles. The molecule has 4 heteroatoms. The zero-order valence-corrected chi connectivity index (χ0v) is 9.95. The standard InChI is InChI=1S/C13H18FNO2/c1-17-13-3-2-9(6-12(13)14)7-15-8-10-4-11(16)5-10/h2-3,6,10-11,15-16H,4-5,7-8H2,1H3. The van der Waals surface area contributed by atoms with Gasteiger partial charge in [0.25, 0.3) is 0 Å². The fraction of sp³-hybridized carbons (Fsp3) is 0.538. The molecule has 0 spiro atoms. The lowest BCUT2D eigenvalue weighted by molar-refractivity contribution is 0.0430. The van der Waals surface area contributed by atoms with Crippen LogP contribution >= 0.6 is 0 Å². The predicted molar refractivity (Wildman–Crippen MR) is 63.4 cm³/mol. The van der Waals surface area contributed by atoms with Gasteiger partial charge in [0, 0.05) is 6.54 Å². The maximum absolute atomic E-state index is 13.4. The van der Waals surface area contributed by atoms with Crippen molar-refractivity contribution in [2.24, 2.45) is 5.92 Å². The van der Waals surface area contributed by atoms with Crippen LogP contribution in [-0.4, -0.2) is 24.9 Å². The highest BCUT2D eigenvalue weighted by Gasteiger charge is 2.26. The highest BCUT2D eigenvalue weighted by Crippen LogP contribution is 2.26. The minimum Gasteiger partial charge on any atom is -0.494 e. The second-order valence-electron chi connectivity index (χ2n) is 4.59. The van der Waals surface area contributed by atoms with Gasteiger partial charge in [0.2, 0.25) is 0 Å². The Morgan fingerprint density at radius 3 is 2.82 bits per heavy atom. The van der Waals surface area contributed by atoms with Crippen LogP contribution in [0.5, 0.6) is 5.75 Å². The number of ether oxygens (including phenoxy) is 1. The number of aliphatic hydroxyl groups excluding tert-OH is 1. The van der Waals surface area contributed by atoms with Gasteiger partial charge in [-0.05, 0) is 43.0 Å². The van der Waals surface area contributed by atoms with Crippen molar-refractivity contribution in [2.75, 3.05) is 13.7 Å². The van der Waals surface area contributed by atoms with E-state index in [1.54, 1.807) is 6.07 Å². The summed E-state index contributed by atoms with van der Waals surface area (Å²) in [6.07, 6.45) is 1.65. The summed E-state index contributed by atoms with van der Waals surface area (Å²) in [7, 11) is 1.46. The van der Waals surface area contributed by atoms with E-state index in [2.05, 4.69) is 5.32 Å². The van der Waals surface area contributed by atoms with E-state index in [1.165, 1.54) is 13.2 Å². The van der Waals surface area contributed by atoms with Gasteiger partial charge in [-0.15, -0.1) is 0 Å². The summed E-state index contributed by atoms with van der Waals surface area (Å²) in [6, 6.07) is 4.98. The summed E-state index contributed by atoms with van der Waals surface area (Å²) in [5.41, 5.74) is 0.906. The van der Waals surface area contributed by atoms with Gasteiger partial charge in [0.1, 0.15) is 0 Å². The molecule has 0 saturated heterocycles. The molecule has 1 aromatic rings. The molecule has 0 heterocycles. The lowest BCUT2D eigenvalue weighted by Gasteiger charge is -2.31. The molecule has 2 N–H and O–H groups in total. The number of benzene rings is 1. The molecule has 0 atom stereocenters. The first kappa shape index (κ1) is 12.3. The van der Waals surface area contributed by atoms with Crippen LogP contribution < -0.4 is 10.1 Å². The highest BCUT2D eigenvalue weighted by molar-refractivity contribution is 5.29. The molecule has 94 valence electrons. The first-order chi connectivity index (χ1) is 8.19. The van der Waals surface area contributed by atoms with Gasteiger partial charge < -0.3 is 15.2 Å². The van der Waals surface area contributed by atoms with Gasteiger partial charge >= 0.3 is 0 Å². The van der Waals surface area contributed by atoms with Gasteiger partial charge in [-0.3, -0.25) is 0 Å². The highest BCUT2D eigenvalue weighted by atomic mass is 19.1. The molecule has 0 unspecified atom stereocenters. The summed E-state index contributed by atoms with van der Waals surface area (Å²) >= 11 is 0. The van der Waals surface area contributed by atoms with Gasteiger partial charge in [0.15, 0.2) is 11.6 Å². The Labute approximate surface area is 101 Å². The van der Waals surface area contributed by atoms with E-state index in [0.29, 0.717) is 12.5 Å². The smallest absolute Gasteiger partial charge is 0.165 e. The summed E-state index contributed by atoms with van der Waals surface area (Å²) in [5, 5.41) is 12.4. The molecule has 0 radical (unpaired) electrons. The van der Waals surface area contributed by atoms with Gasteiger partial charge in [0.05, 0.1) is 13.2 Å². The Bertz CT molecular complexity index is 378. The Kier molecular flexibility index (Phi) is 3.97. The lowest BCUT2D eigenvalue weighted by atomic mass is 9.82. The maximum Gasteiger partial charge on any atom is 0.165 e. The van der Waals surface area contributed by atoms with Crippen LogP contribution in [0.3, 0.4) is 0 Å². The van der Waals surface area contributed by atoms with E-state index in [1.807, 2.05) is 6.07 Å². The molecule has 1 fully saturated rings. The normalized spacial score (nSPS) is 23.2. The first-order valence-electron chi connectivity index (χ1n) is 5.90. The van der Waals surface area contributed by atoms with Crippen molar-refractivity contribution in [1.82, 2.24) is 5.32 Å². The van der Waals surface area contributed by atoms with Gasteiger partial charge in [-0.25, -0.2) is 4.39 Å². The topological polar surface area (TPSA) is 41.5 Å². The minimum atomic E-state index is -0.328. The molecule has 0 bridgehead atoms. The molecule has 2 rings (SSSR count). The SMILES string of the molecule is COc1ccc(CNCC2CC(O)C2)cc1F. The fourth-order valence-electron chi connectivity index (χ4n) is 2.11. The molecule has 3 nitrogen and oxygen atoms in total. The Hall–Kier alpha value is -1.13. The van der Waals surface area contributed by atoms with Crippen molar-refractivity contribution in [3.63, 3.8) is 0 Å². The quantitative estimate of drug-likeness (QED) is 0.821. The fourth-order valence-corrected chi connectivity index (χ4v) is 2.11. The largest absolute Gasteiger partial charge is 0.494 e. The minimum absolute atomic E-state index is 0.111. The van der Waals surface area contributed by atoms with E-state index >= 15 is 0 Å². The first-order valence-corrected chi connectivity index (χ1v) is 5.90. The maximum atomic E-state index is 13.4. The van der Waals surface area contributed by atoms with Crippen molar-refractivity contribution in [3.8, 4) is 5.75 Å². The molecular weight excluding hydrogens is 221 g/mol. The molecule has 17 heavy (non-hydrogen) atoms. The van der Waals surface area contributed by atoms with E-state index in [0.717, 1.165) is 24.9 Å². The van der Waals surface area contributed by atoms with Crippen molar-refractivity contribution >= 4 is 0 Å². The summed E-state index contributed by atoms with van der Waals surface area (Å²) in [4.78, 5) is 0. The molecule has 0 aromatic heterocycles. The number of rotatable bonds is 5. The summed E-state index contributed by atoms with van der Waals surface area (Å²) in [6.45, 7) is 1.53. The average Bonchev–Trinajstić information content (AvgIpc) is 2.27. The van der Waals surface area contributed by atoms with E-state index in [9.17, 15) is 4.39 Å². The summed E-state index contributed by atoms with van der Waals surface area (Å²) in [5.74, 6) is 0.509. The van der Waals surface area contributed by atoms with Crippen LogP contribution in [0.1, 0.15) is 18.4 Å². The number of methoxy groups -OCH3 is 1. The number of halogens is 1. The Morgan fingerprint density at radius 2 is 2.24 bits per heavy atom. The molecule has 0 amide bonds. The van der Waals surface area contributed by atoms with Crippen LogP contribution in [-0.2, 0) is 6.54 Å². The third kappa shape index (κ3) is 3.17. The van der Waals surface area contributed by atoms with Crippen LogP contribution in [0.4, 0.5) is 4.39 Å². The number of nitrogens with one attached hydrogen (secondary N) is 1. The average molecular weight is 239 g/mol. The van der Waals surface area contributed by atoms with E-state index in [4.69, 9.17) is 9.84 Å². The van der Waals surface area contributed by atoms with E-state index < -0.39 is 0 Å². The lowest BCUT2D eigenvalue weighted by Crippen LogP contribution is -2.35. The predicted octanol–water partition coefficient (Wildman–Crippen LogP) is 1.69. The molecular formula is C13H18FNO2. The third-order valence-electron chi connectivity index (χ3n) is 3.19. The molecule has 0 aliphatic heterocycles. The zero-order chi connectivity index (χ0) is 12.3. The zero-order valence-electron chi connectivity index (χ0n) is 9.95. The van der Waals surface area contributed by atoms with Crippen LogP contribution in [0.2, 0.25) is 0 Å². The second kappa shape index (κ2) is 5.47. The molecule has 1 saturated carbocycles. The monoisotopic (exact) mass is 239 g/mol.